The average molecular weight is 376 g/mol. The van der Waals surface area contributed by atoms with Gasteiger partial charge in [0, 0.05) is 6.54 Å². The molecule has 0 aliphatic rings. The molecule has 0 unspecified atom stereocenters. The number of carbonyl (C=O) groups excluding carboxylic acids is 1. The van der Waals surface area contributed by atoms with Crippen molar-refractivity contribution in [2.45, 2.75) is 20.4 Å². The maximum atomic E-state index is 12.3. The maximum absolute atomic E-state index is 12.3. The number of hydrogen-bond donors (Lipinski definition) is 1. The third-order valence-corrected chi connectivity index (χ3v) is 5.31. The molecule has 0 radical (unpaired) electrons. The van der Waals surface area contributed by atoms with Gasteiger partial charge in [0.1, 0.15) is 12.3 Å². The lowest BCUT2D eigenvalue weighted by Gasteiger charge is -2.24. The normalized spacial score (nSPS) is 11.1. The Balaban J connectivity index is 2.10. The number of ether oxygens (including phenoxy) is 1. The molecule has 0 spiro atoms. The van der Waals surface area contributed by atoms with Crippen molar-refractivity contribution in [3.63, 3.8) is 0 Å². The SMILES string of the molecule is COc1ccc(CNC(=O)CN(c2cccc(C)c2C)S(C)(=O)=O)cc1. The highest BCUT2D eigenvalue weighted by atomic mass is 32.2. The first kappa shape index (κ1) is 19.8. The van der Waals surface area contributed by atoms with Crippen molar-refractivity contribution >= 4 is 21.6 Å². The minimum Gasteiger partial charge on any atom is -0.497 e. The van der Waals surface area contributed by atoms with Gasteiger partial charge >= 0.3 is 0 Å². The van der Waals surface area contributed by atoms with Gasteiger partial charge in [0.15, 0.2) is 0 Å². The standard InChI is InChI=1S/C19H24N2O4S/c1-14-6-5-7-18(15(14)2)21(26(4,23)24)13-19(22)20-12-16-8-10-17(25-3)11-9-16/h5-11H,12-13H2,1-4H3,(H,20,22). The Morgan fingerprint density at radius 2 is 1.77 bits per heavy atom. The molecule has 26 heavy (non-hydrogen) atoms. The molecule has 0 saturated carbocycles. The fourth-order valence-corrected chi connectivity index (χ4v) is 3.42. The van der Waals surface area contributed by atoms with Crippen LogP contribution in [0, 0.1) is 13.8 Å². The van der Waals surface area contributed by atoms with E-state index >= 15 is 0 Å². The largest absolute Gasteiger partial charge is 0.497 e. The highest BCUT2D eigenvalue weighted by molar-refractivity contribution is 7.92. The van der Waals surface area contributed by atoms with Crippen LogP contribution in [0.1, 0.15) is 16.7 Å². The van der Waals surface area contributed by atoms with Gasteiger partial charge in [-0.1, -0.05) is 24.3 Å². The van der Waals surface area contributed by atoms with E-state index in [-0.39, 0.29) is 12.5 Å². The van der Waals surface area contributed by atoms with E-state index in [2.05, 4.69) is 5.32 Å². The zero-order valence-corrected chi connectivity index (χ0v) is 16.3. The molecule has 2 aromatic carbocycles. The van der Waals surface area contributed by atoms with Gasteiger partial charge in [0.25, 0.3) is 0 Å². The predicted molar refractivity (Wildman–Crippen MR) is 103 cm³/mol. The topological polar surface area (TPSA) is 75.7 Å². The van der Waals surface area contributed by atoms with Crippen LogP contribution in [-0.2, 0) is 21.4 Å². The molecule has 0 saturated heterocycles. The number of methoxy groups -OCH3 is 1. The maximum Gasteiger partial charge on any atom is 0.241 e. The Morgan fingerprint density at radius 3 is 2.35 bits per heavy atom. The molecule has 7 heteroatoms. The van der Waals surface area contributed by atoms with Crippen molar-refractivity contribution in [2.24, 2.45) is 0 Å². The van der Waals surface area contributed by atoms with Gasteiger partial charge in [-0.15, -0.1) is 0 Å². The Hall–Kier alpha value is -2.54. The molecule has 2 rings (SSSR count). The van der Waals surface area contributed by atoms with Gasteiger partial charge in [0.05, 0.1) is 19.1 Å². The van der Waals surface area contributed by atoms with Gasteiger partial charge in [-0.05, 0) is 48.7 Å². The van der Waals surface area contributed by atoms with Crippen LogP contribution in [0.15, 0.2) is 42.5 Å². The molecule has 0 fully saturated rings. The molecule has 0 bridgehead atoms. The minimum absolute atomic E-state index is 0.265. The number of sulfonamides is 1. The zero-order chi connectivity index (χ0) is 19.3. The van der Waals surface area contributed by atoms with Crippen molar-refractivity contribution in [2.75, 3.05) is 24.2 Å². The lowest BCUT2D eigenvalue weighted by molar-refractivity contribution is -0.119. The Labute approximate surface area is 154 Å². The van der Waals surface area contributed by atoms with Gasteiger partial charge in [0.2, 0.25) is 15.9 Å². The van der Waals surface area contributed by atoms with Crippen molar-refractivity contribution < 1.29 is 17.9 Å². The first-order valence-corrected chi connectivity index (χ1v) is 10.0. The summed E-state index contributed by atoms with van der Waals surface area (Å²) in [5.74, 6) is 0.366. The summed E-state index contributed by atoms with van der Waals surface area (Å²) in [4.78, 5) is 12.3. The summed E-state index contributed by atoms with van der Waals surface area (Å²) < 4.78 is 30.6. The number of aryl methyl sites for hydroxylation is 1. The summed E-state index contributed by atoms with van der Waals surface area (Å²) in [7, 11) is -2.00. The molecule has 140 valence electrons. The highest BCUT2D eigenvalue weighted by Crippen LogP contribution is 2.24. The molecule has 1 amide bonds. The second-order valence-corrected chi connectivity index (χ2v) is 8.02. The number of amides is 1. The van der Waals surface area contributed by atoms with Crippen LogP contribution in [0.4, 0.5) is 5.69 Å². The van der Waals surface area contributed by atoms with Crippen LogP contribution in [0.2, 0.25) is 0 Å². The number of nitrogens with zero attached hydrogens (tertiary/aromatic N) is 1. The van der Waals surface area contributed by atoms with Gasteiger partial charge in [-0.25, -0.2) is 8.42 Å². The molecular formula is C19H24N2O4S. The fraction of sp³-hybridized carbons (Fsp3) is 0.316. The molecular weight excluding hydrogens is 352 g/mol. The smallest absolute Gasteiger partial charge is 0.241 e. The van der Waals surface area contributed by atoms with E-state index in [1.54, 1.807) is 31.4 Å². The van der Waals surface area contributed by atoms with Crippen molar-refractivity contribution in [3.8, 4) is 5.75 Å². The lowest BCUT2D eigenvalue weighted by atomic mass is 10.1. The van der Waals surface area contributed by atoms with Crippen LogP contribution in [0.3, 0.4) is 0 Å². The Kier molecular flexibility index (Phi) is 6.26. The van der Waals surface area contributed by atoms with Gasteiger partial charge < -0.3 is 10.1 Å². The van der Waals surface area contributed by atoms with Crippen molar-refractivity contribution in [3.05, 3.63) is 59.2 Å². The van der Waals surface area contributed by atoms with Crippen molar-refractivity contribution in [1.29, 1.82) is 0 Å². The monoisotopic (exact) mass is 376 g/mol. The first-order valence-electron chi connectivity index (χ1n) is 8.16. The van der Waals surface area contributed by atoms with Crippen LogP contribution in [-0.4, -0.2) is 34.2 Å². The molecule has 1 N–H and O–H groups in total. The molecule has 0 aromatic heterocycles. The quantitative estimate of drug-likeness (QED) is 0.805. The van der Waals surface area contributed by atoms with E-state index in [4.69, 9.17) is 4.74 Å². The fourth-order valence-electron chi connectivity index (χ4n) is 2.52. The third-order valence-electron chi connectivity index (χ3n) is 4.18. The van der Waals surface area contributed by atoms with Crippen LogP contribution in [0.25, 0.3) is 0 Å². The zero-order valence-electron chi connectivity index (χ0n) is 15.4. The average Bonchev–Trinajstić information content (AvgIpc) is 2.60. The van der Waals surface area contributed by atoms with E-state index in [1.165, 1.54) is 0 Å². The first-order chi connectivity index (χ1) is 12.2. The summed E-state index contributed by atoms with van der Waals surface area (Å²) in [6.07, 6.45) is 1.10. The third kappa shape index (κ3) is 4.98. The number of benzene rings is 2. The molecule has 0 atom stereocenters. The summed E-state index contributed by atoms with van der Waals surface area (Å²) in [6.45, 7) is 3.80. The molecule has 6 nitrogen and oxygen atoms in total. The predicted octanol–water partition coefficient (Wildman–Crippen LogP) is 2.39. The van der Waals surface area contributed by atoms with E-state index < -0.39 is 10.0 Å². The molecule has 0 aliphatic carbocycles. The molecule has 2 aromatic rings. The van der Waals surface area contributed by atoms with Gasteiger partial charge in [-0.3, -0.25) is 9.10 Å². The molecule has 0 aliphatic heterocycles. The second-order valence-electron chi connectivity index (χ2n) is 6.11. The summed E-state index contributed by atoms with van der Waals surface area (Å²) in [5, 5.41) is 2.76. The number of carbonyl (C=O) groups is 1. The van der Waals surface area contributed by atoms with Crippen LogP contribution in [0.5, 0.6) is 5.75 Å². The van der Waals surface area contributed by atoms with Crippen LogP contribution >= 0.6 is 0 Å². The Bertz CT molecular complexity index is 877. The number of anilines is 1. The number of hydrogen-bond acceptors (Lipinski definition) is 4. The highest BCUT2D eigenvalue weighted by Gasteiger charge is 2.22. The Morgan fingerprint density at radius 1 is 1.12 bits per heavy atom. The minimum atomic E-state index is -3.59. The van der Waals surface area contributed by atoms with Gasteiger partial charge in [-0.2, -0.15) is 0 Å². The number of nitrogens with one attached hydrogen (secondary N) is 1. The van der Waals surface area contributed by atoms with Crippen LogP contribution < -0.4 is 14.4 Å². The van der Waals surface area contributed by atoms with E-state index in [9.17, 15) is 13.2 Å². The van der Waals surface area contributed by atoms with Crippen molar-refractivity contribution in [1.82, 2.24) is 5.32 Å². The second kappa shape index (κ2) is 8.23. The lowest BCUT2D eigenvalue weighted by Crippen LogP contribution is -2.40. The summed E-state index contributed by atoms with van der Waals surface area (Å²) >= 11 is 0. The van der Waals surface area contributed by atoms with E-state index in [1.807, 2.05) is 32.0 Å². The summed E-state index contributed by atoms with van der Waals surface area (Å²) in [5.41, 5.74) is 3.22. The molecule has 0 heterocycles. The van der Waals surface area contributed by atoms with E-state index in [0.29, 0.717) is 12.2 Å². The summed E-state index contributed by atoms with van der Waals surface area (Å²) in [6, 6.07) is 12.7. The van der Waals surface area contributed by atoms with E-state index in [0.717, 1.165) is 33.0 Å². The number of rotatable bonds is 7.